The summed E-state index contributed by atoms with van der Waals surface area (Å²) in [5, 5.41) is 0. The number of halogens is 9. The van der Waals surface area contributed by atoms with Gasteiger partial charge in [-0.3, -0.25) is 33.6 Å². The van der Waals surface area contributed by atoms with E-state index in [2.05, 4.69) is 329 Å². The zero-order valence-electron chi connectivity index (χ0n) is 87.8. The lowest BCUT2D eigenvalue weighted by Crippen LogP contribution is -2.60. The van der Waals surface area contributed by atoms with Gasteiger partial charge in [-0.05, 0) is 311 Å². The van der Waals surface area contributed by atoms with Crippen LogP contribution in [0.3, 0.4) is 0 Å². The third kappa shape index (κ3) is 27.0. The molecule has 10 nitrogen and oxygen atoms in total. The lowest BCUT2D eigenvalue weighted by Gasteiger charge is -2.58. The van der Waals surface area contributed by atoms with Crippen molar-refractivity contribution in [3.05, 3.63) is 271 Å². The molecular weight excluding hydrogens is 1930 g/mol. The minimum Gasteiger partial charge on any atom is -0.456 e. The normalized spacial score (nSPS) is 26.6. The second-order valence-corrected chi connectivity index (χ2v) is 53.3. The number of rotatable bonds is 21. The van der Waals surface area contributed by atoms with Gasteiger partial charge in [0.25, 0.3) is 23.9 Å². The molecule has 0 aromatic heterocycles. The molecule has 0 aliphatic heterocycles. The van der Waals surface area contributed by atoms with E-state index in [0.717, 1.165) is 46.0 Å². The molecule has 9 aromatic rings. The zero-order valence-corrected chi connectivity index (χ0v) is 90.2. The number of fused-ring (bicyclic) bond motifs is 5. The molecule has 0 radical (unpaired) electrons. The molecule has 12 fully saturated rings. The minimum absolute atomic E-state index is 0. The highest BCUT2D eigenvalue weighted by molar-refractivity contribution is 7.97. The molecule has 22 heteroatoms. The number of alkyl halides is 9. The Morgan fingerprint density at radius 2 is 0.694 bits per heavy atom. The number of carbonyl (C=O) groups excluding carboxylic acids is 7. The van der Waals surface area contributed by atoms with Crippen molar-refractivity contribution in [2.75, 3.05) is 0 Å². The van der Waals surface area contributed by atoms with Gasteiger partial charge >= 0.3 is 24.1 Å². The monoisotopic (exact) mass is 2080 g/mol. The molecule has 147 heavy (non-hydrogen) atoms. The summed E-state index contributed by atoms with van der Waals surface area (Å²) >= 11 is 0. The van der Waals surface area contributed by atoms with Gasteiger partial charge in [-0.1, -0.05) is 236 Å². The predicted molar refractivity (Wildman–Crippen MR) is 567 cm³/mol. The van der Waals surface area contributed by atoms with Crippen LogP contribution in [-0.4, -0.2) is 83.3 Å². The first-order chi connectivity index (χ1) is 68.6. The maximum absolute atomic E-state index is 13.8. The Labute approximate surface area is 875 Å². The first kappa shape index (κ1) is 115. The van der Waals surface area contributed by atoms with Gasteiger partial charge in [-0.2, -0.15) is 13.2 Å². The summed E-state index contributed by atoms with van der Waals surface area (Å²) in [6.07, 6.45) is 1.08. The fraction of sp³-hybridized carbons (Fsp3) is 0.512. The van der Waals surface area contributed by atoms with Crippen molar-refractivity contribution in [2.24, 2.45) is 92.7 Å². The van der Waals surface area contributed by atoms with E-state index in [0.29, 0.717) is 81.5 Å². The molecule has 0 heterocycles. The van der Waals surface area contributed by atoms with Gasteiger partial charge in [0.15, 0.2) is 56.3 Å². The Bertz CT molecular complexity index is 5410. The van der Waals surface area contributed by atoms with E-state index in [1.165, 1.54) is 93.9 Å². The summed E-state index contributed by atoms with van der Waals surface area (Å²) in [5.74, 6) is -10.7. The standard InChI is InChI=1S/C28H37F5O5.3C22H23S.C15H20F2O3.C15H22F2O2.CH4/c1-14(5-8-22(37)38-24(27(4,29)30)28(31,32)33)17-6-7-18-23-19(13-21(36)26(17,18)3)25(2)10-9-16(34)11-15(25)12-20(23)35;3*1-22(2,3)18-14-16-21(17-15-18)23(19-10-6-4-7-11-19)20-12-8-5-9-13-20;1-8(14(2,16)17)20-13(19)15-5-9-3-10(6-15)12(18)11(4-9)7-15;1-9(14(2,16)17)19-13(18)15-6-10-3-11(7-15)5-12(4-10)8-15;/h14-15,17-19,23-24H,5-13H2,1-4H3;3*4-17H,1-3H3;8-11H,3-7H2,1-2H3;9-12H,3-8H2,1-2H3;1H4/q;3*+1;;;/t14?,15-,17+,18-,19?,23-,24?,25-,26+;;;;;;/m0....../s1. The lowest BCUT2D eigenvalue weighted by atomic mass is 9.44. The molecule has 790 valence electrons. The number of carbonyl (C=O) groups is 7. The van der Waals surface area contributed by atoms with E-state index in [9.17, 15) is 73.1 Å². The largest absolute Gasteiger partial charge is 0.456 e. The van der Waals surface area contributed by atoms with Crippen LogP contribution in [0.4, 0.5) is 39.5 Å². The van der Waals surface area contributed by atoms with Crippen LogP contribution in [0, 0.1) is 92.7 Å². The fourth-order valence-electron chi connectivity index (χ4n) is 25.6. The van der Waals surface area contributed by atoms with E-state index in [1.807, 2.05) is 13.8 Å². The number of hydrogen-bond acceptors (Lipinski definition) is 10. The van der Waals surface area contributed by atoms with Crippen LogP contribution in [0.2, 0.25) is 0 Å². The molecule has 0 spiro atoms. The van der Waals surface area contributed by atoms with Crippen LogP contribution in [0.25, 0.3) is 0 Å². The predicted octanol–water partition coefficient (Wildman–Crippen LogP) is 31.8. The third-order valence-corrected chi connectivity index (χ3v) is 40.0. The summed E-state index contributed by atoms with van der Waals surface area (Å²) in [5.41, 5.74) is 2.55. The highest BCUT2D eigenvalue weighted by atomic mass is 32.2. The van der Waals surface area contributed by atoms with Crippen LogP contribution in [-0.2, 0) is 96.7 Å². The molecule has 9 aromatic carbocycles. The van der Waals surface area contributed by atoms with Gasteiger partial charge < -0.3 is 14.2 Å². The van der Waals surface area contributed by atoms with E-state index < -0.39 is 76.9 Å². The van der Waals surface area contributed by atoms with E-state index >= 15 is 0 Å². The number of ketones is 4. The smallest absolute Gasteiger partial charge is 0.431 e. The van der Waals surface area contributed by atoms with E-state index in [-0.39, 0.29) is 158 Å². The van der Waals surface area contributed by atoms with Crippen LogP contribution in [0.15, 0.2) is 299 Å². The summed E-state index contributed by atoms with van der Waals surface area (Å²) < 4.78 is 133. The Hall–Kier alpha value is -9.51. The van der Waals surface area contributed by atoms with Crippen LogP contribution in [0.5, 0.6) is 0 Å². The van der Waals surface area contributed by atoms with Crippen molar-refractivity contribution in [3.8, 4) is 0 Å². The third-order valence-electron chi connectivity index (χ3n) is 33.4. The molecule has 0 saturated heterocycles. The maximum atomic E-state index is 13.8. The Morgan fingerprint density at radius 1 is 0.381 bits per heavy atom. The number of benzene rings is 9. The SMILES string of the molecule is C.CC(C)(C)c1ccc([S+](c2ccccc2)c2ccccc2)cc1.CC(C)(C)c1ccc([S+](c2ccccc2)c2ccccc2)cc1.CC(C)(C)c1ccc([S+](c2ccccc2)c2ccccc2)cc1.CC(CCC(=O)OC(C(C)(F)F)C(F)(F)F)[C@H]1CC[C@H]2[C@@H]3C(=O)C[C@@H]4CC(=O)CC[C@]4(C)C3CC(=O)[C@]12C.CC(OC(=O)C12CC3CC(C1)C(=O)C(C3)C2)C(C)(F)F.CC(OC(=O)C12CC3CC(CC(C3)C1)C2)C(C)(F)F. The summed E-state index contributed by atoms with van der Waals surface area (Å²) in [4.78, 5) is 101. The summed E-state index contributed by atoms with van der Waals surface area (Å²) in [7, 11) is -0.149. The van der Waals surface area contributed by atoms with Crippen molar-refractivity contribution in [2.45, 2.75) is 356 Å². The van der Waals surface area contributed by atoms with Crippen LogP contribution in [0.1, 0.15) is 270 Å². The average molecular weight is 2080 g/mol. The van der Waals surface area contributed by atoms with Crippen molar-refractivity contribution in [3.63, 3.8) is 0 Å². The molecule has 21 rings (SSSR count). The Kier molecular flexibility index (Phi) is 36.1. The second-order valence-electron chi connectivity index (χ2n) is 47.2. The first-order valence-electron chi connectivity index (χ1n) is 52.3. The second kappa shape index (κ2) is 46.4. The molecule has 8 bridgehead atoms. The number of ether oxygens (including phenoxy) is 3. The van der Waals surface area contributed by atoms with Crippen molar-refractivity contribution < 1.29 is 87.3 Å². The molecular formula is C125H152F9O10S3+3. The van der Waals surface area contributed by atoms with Crippen LogP contribution >= 0.6 is 0 Å². The van der Waals surface area contributed by atoms with Gasteiger partial charge in [0.1, 0.15) is 23.1 Å². The molecule has 7 unspecified atom stereocenters. The molecule has 12 saturated carbocycles. The van der Waals surface area contributed by atoms with Gasteiger partial charge in [0, 0.05) is 76.0 Å². The fourth-order valence-corrected chi connectivity index (χ4v) is 31.8. The molecule has 12 aliphatic carbocycles. The highest BCUT2D eigenvalue weighted by Crippen LogP contribution is 2.68. The topological polar surface area (TPSA) is 147 Å². The van der Waals surface area contributed by atoms with Crippen molar-refractivity contribution in [1.29, 1.82) is 0 Å². The summed E-state index contributed by atoms with van der Waals surface area (Å²) in [6.45, 7) is 30.3. The van der Waals surface area contributed by atoms with Gasteiger partial charge in [0.05, 0.1) is 43.5 Å². The first-order valence-corrected chi connectivity index (χ1v) is 56.0. The molecule has 12 aliphatic rings. The maximum Gasteiger partial charge on any atom is 0.431 e. The van der Waals surface area contributed by atoms with E-state index in [1.54, 1.807) is 0 Å². The number of hydrogen-bond donors (Lipinski definition) is 0. The minimum atomic E-state index is -5.40. The molecule has 0 amide bonds. The zero-order chi connectivity index (χ0) is 106. The van der Waals surface area contributed by atoms with Crippen molar-refractivity contribution >= 4 is 73.7 Å². The quantitative estimate of drug-likeness (QED) is 0.0295. The molecule has 13 atom stereocenters. The van der Waals surface area contributed by atoms with Gasteiger partial charge in [0.2, 0.25) is 0 Å². The van der Waals surface area contributed by atoms with E-state index in [4.69, 9.17) is 9.47 Å². The highest BCUT2D eigenvalue weighted by Gasteiger charge is 2.67. The van der Waals surface area contributed by atoms with Gasteiger partial charge in [-0.15, -0.1) is 0 Å². The van der Waals surface area contributed by atoms with Crippen molar-refractivity contribution in [1.82, 2.24) is 0 Å². The summed E-state index contributed by atoms with van der Waals surface area (Å²) in [6, 6.07) is 92.2. The Morgan fingerprint density at radius 3 is 1.00 bits per heavy atom. The lowest BCUT2D eigenvalue weighted by molar-refractivity contribution is -0.273. The Balaban J connectivity index is 0.000000150. The average Bonchev–Trinajstić information content (AvgIpc) is 1.60. The number of Topliss-reactive ketones (excluding diaryl/α,β-unsaturated/α-hetero) is 4. The molecule has 0 N–H and O–H groups in total. The van der Waals surface area contributed by atoms with Crippen LogP contribution < -0.4 is 0 Å². The van der Waals surface area contributed by atoms with Gasteiger partial charge in [-0.25, -0.2) is 26.3 Å². The number of esters is 3.